The van der Waals surface area contributed by atoms with E-state index in [-0.39, 0.29) is 6.04 Å². The van der Waals surface area contributed by atoms with Gasteiger partial charge in [-0.15, -0.1) is 0 Å². The molecule has 0 amide bonds. The Bertz CT molecular complexity index is 1160. The van der Waals surface area contributed by atoms with Crippen molar-refractivity contribution < 1.29 is 0 Å². The average molecular weight is 377 g/mol. The Morgan fingerprint density at radius 3 is 2.07 bits per heavy atom. The van der Waals surface area contributed by atoms with Crippen LogP contribution in [0.1, 0.15) is 34.0 Å². The van der Waals surface area contributed by atoms with Crippen molar-refractivity contribution in [3.8, 4) is 11.3 Å². The van der Waals surface area contributed by atoms with Crippen molar-refractivity contribution in [3.05, 3.63) is 112 Å². The van der Waals surface area contributed by atoms with Crippen molar-refractivity contribution in [2.24, 2.45) is 0 Å². The molecule has 2 aromatic carbocycles. The minimum atomic E-state index is 0.127. The normalized spacial score (nSPS) is 17.3. The maximum absolute atomic E-state index is 5.13. The van der Waals surface area contributed by atoms with Crippen LogP contribution in [0.4, 0.5) is 0 Å². The highest BCUT2D eigenvalue weighted by atomic mass is 15.2. The molecule has 0 bridgehead atoms. The first-order valence-electron chi connectivity index (χ1n) is 10.1. The quantitative estimate of drug-likeness (QED) is 0.518. The van der Waals surface area contributed by atoms with Gasteiger partial charge in [0.05, 0.1) is 17.4 Å². The average Bonchev–Trinajstić information content (AvgIpc) is 2.75. The number of fused-ring (bicyclic) bond motifs is 3. The standard InChI is InChI=1S/C27H24N2/c1-18-4-8-20(9-5-18)24-16-14-22-12-13-23-15-17-25(21-10-6-19(2)7-11-21)29(3)27(23)26(22)28-24/h4-17,27H,1-3H3. The van der Waals surface area contributed by atoms with Crippen molar-refractivity contribution in [3.63, 3.8) is 0 Å². The molecule has 0 saturated carbocycles. The second-order valence-electron chi connectivity index (χ2n) is 7.97. The van der Waals surface area contributed by atoms with Gasteiger partial charge in [-0.05, 0) is 42.7 Å². The number of allylic oxidation sites excluding steroid dienone is 2. The number of benzene rings is 2. The van der Waals surface area contributed by atoms with Crippen LogP contribution in [0, 0.1) is 13.8 Å². The third-order valence-electron chi connectivity index (χ3n) is 5.88. The Kier molecular flexibility index (Phi) is 4.21. The van der Waals surface area contributed by atoms with Gasteiger partial charge in [0.15, 0.2) is 0 Å². The molecule has 0 fully saturated rings. The summed E-state index contributed by atoms with van der Waals surface area (Å²) in [6.45, 7) is 4.24. The van der Waals surface area contributed by atoms with E-state index in [4.69, 9.17) is 4.98 Å². The number of nitrogens with zero attached hydrogens (tertiary/aromatic N) is 2. The topological polar surface area (TPSA) is 16.1 Å². The van der Waals surface area contributed by atoms with Gasteiger partial charge in [0.2, 0.25) is 0 Å². The molecule has 1 aliphatic carbocycles. The summed E-state index contributed by atoms with van der Waals surface area (Å²) in [5.41, 5.74) is 10.8. The third kappa shape index (κ3) is 3.11. The minimum absolute atomic E-state index is 0.127. The molecule has 0 spiro atoms. The zero-order valence-corrected chi connectivity index (χ0v) is 17.1. The molecule has 0 saturated heterocycles. The lowest BCUT2D eigenvalue weighted by Gasteiger charge is -2.37. The lowest BCUT2D eigenvalue weighted by molar-refractivity contribution is 0.391. The van der Waals surface area contributed by atoms with Crippen LogP contribution >= 0.6 is 0 Å². The molecule has 0 radical (unpaired) electrons. The van der Waals surface area contributed by atoms with Gasteiger partial charge < -0.3 is 4.90 Å². The molecule has 2 nitrogen and oxygen atoms in total. The highest BCUT2D eigenvalue weighted by molar-refractivity contribution is 5.73. The van der Waals surface area contributed by atoms with Crippen molar-refractivity contribution in [1.29, 1.82) is 0 Å². The summed E-state index contributed by atoms with van der Waals surface area (Å²) in [6, 6.07) is 21.8. The van der Waals surface area contributed by atoms with Gasteiger partial charge in [-0.2, -0.15) is 0 Å². The lowest BCUT2D eigenvalue weighted by Crippen LogP contribution is -2.29. The van der Waals surface area contributed by atoms with Crippen LogP contribution in [0.15, 0.2) is 84.5 Å². The Balaban J connectivity index is 1.57. The number of rotatable bonds is 2. The van der Waals surface area contributed by atoms with Crippen LogP contribution in [0.3, 0.4) is 0 Å². The van der Waals surface area contributed by atoms with Crippen LogP contribution in [0.5, 0.6) is 0 Å². The highest BCUT2D eigenvalue weighted by Crippen LogP contribution is 2.42. The van der Waals surface area contributed by atoms with Crippen molar-refractivity contribution in [2.45, 2.75) is 19.9 Å². The van der Waals surface area contributed by atoms with Crippen molar-refractivity contribution in [2.75, 3.05) is 7.05 Å². The lowest BCUT2D eigenvalue weighted by atomic mass is 9.88. The van der Waals surface area contributed by atoms with E-state index in [9.17, 15) is 0 Å². The molecule has 1 aromatic heterocycles. The number of hydrogen-bond acceptors (Lipinski definition) is 2. The summed E-state index contributed by atoms with van der Waals surface area (Å²) in [5.74, 6) is 0. The summed E-state index contributed by atoms with van der Waals surface area (Å²) in [6.07, 6.45) is 8.86. The maximum Gasteiger partial charge on any atom is 0.0969 e. The molecule has 2 heteroatoms. The zero-order chi connectivity index (χ0) is 20.0. The van der Waals surface area contributed by atoms with Gasteiger partial charge in [-0.3, -0.25) is 0 Å². The Hall–Kier alpha value is -3.39. The molecule has 1 aliphatic heterocycles. The zero-order valence-electron chi connectivity index (χ0n) is 17.1. The maximum atomic E-state index is 5.13. The molecule has 2 heterocycles. The number of aryl methyl sites for hydroxylation is 2. The van der Waals surface area contributed by atoms with E-state index < -0.39 is 0 Å². The molecule has 0 N–H and O–H groups in total. The molecule has 142 valence electrons. The van der Waals surface area contributed by atoms with E-state index >= 15 is 0 Å². The first kappa shape index (κ1) is 17.7. The van der Waals surface area contributed by atoms with E-state index in [0.29, 0.717) is 0 Å². The van der Waals surface area contributed by atoms with Gasteiger partial charge >= 0.3 is 0 Å². The van der Waals surface area contributed by atoms with Crippen molar-refractivity contribution in [1.82, 2.24) is 9.88 Å². The summed E-state index contributed by atoms with van der Waals surface area (Å²) < 4.78 is 0. The van der Waals surface area contributed by atoms with E-state index in [1.54, 1.807) is 0 Å². The largest absolute Gasteiger partial charge is 0.361 e. The van der Waals surface area contributed by atoms with Gasteiger partial charge in [0.1, 0.15) is 0 Å². The first-order valence-corrected chi connectivity index (χ1v) is 10.1. The second-order valence-corrected chi connectivity index (χ2v) is 7.97. The van der Waals surface area contributed by atoms with E-state index in [1.807, 2.05) is 0 Å². The fourth-order valence-electron chi connectivity index (χ4n) is 4.18. The third-order valence-corrected chi connectivity index (χ3v) is 5.88. The summed E-state index contributed by atoms with van der Waals surface area (Å²) in [7, 11) is 2.17. The van der Waals surface area contributed by atoms with Gasteiger partial charge in [-0.1, -0.05) is 84.0 Å². The SMILES string of the molecule is Cc1ccc(C2=CC=C3C=Cc4ccc(-c5ccc(C)cc5)nc4C3N2C)cc1. The van der Waals surface area contributed by atoms with Crippen LogP contribution < -0.4 is 0 Å². The van der Waals surface area contributed by atoms with Crippen LogP contribution in [-0.4, -0.2) is 16.9 Å². The van der Waals surface area contributed by atoms with Gasteiger partial charge in [0.25, 0.3) is 0 Å². The minimum Gasteiger partial charge on any atom is -0.361 e. The fourth-order valence-corrected chi connectivity index (χ4v) is 4.18. The molecule has 2 aliphatic rings. The monoisotopic (exact) mass is 376 g/mol. The second kappa shape index (κ2) is 6.89. The predicted octanol–water partition coefficient (Wildman–Crippen LogP) is 6.35. The van der Waals surface area contributed by atoms with Gasteiger partial charge in [-0.25, -0.2) is 4.98 Å². The molecule has 29 heavy (non-hydrogen) atoms. The van der Waals surface area contributed by atoms with Crippen LogP contribution in [-0.2, 0) is 0 Å². The number of likely N-dealkylation sites (N-methyl/N-ethyl adjacent to an activating group) is 1. The molecular weight excluding hydrogens is 352 g/mol. The van der Waals surface area contributed by atoms with E-state index in [2.05, 4.69) is 111 Å². The summed E-state index contributed by atoms with van der Waals surface area (Å²) >= 11 is 0. The number of pyridine rings is 1. The molecular formula is C27H24N2. The summed E-state index contributed by atoms with van der Waals surface area (Å²) in [4.78, 5) is 7.48. The van der Waals surface area contributed by atoms with E-state index in [1.165, 1.54) is 33.5 Å². The first-order chi connectivity index (χ1) is 14.1. The Morgan fingerprint density at radius 1 is 0.724 bits per heavy atom. The van der Waals surface area contributed by atoms with E-state index in [0.717, 1.165) is 17.0 Å². The van der Waals surface area contributed by atoms with Crippen LogP contribution in [0.25, 0.3) is 23.0 Å². The highest BCUT2D eigenvalue weighted by Gasteiger charge is 2.30. The van der Waals surface area contributed by atoms with Crippen LogP contribution in [0.2, 0.25) is 0 Å². The molecule has 3 aromatic rings. The summed E-state index contributed by atoms with van der Waals surface area (Å²) in [5, 5.41) is 0. The molecule has 5 rings (SSSR count). The predicted molar refractivity (Wildman–Crippen MR) is 121 cm³/mol. The smallest absolute Gasteiger partial charge is 0.0969 e. The number of aromatic nitrogens is 1. The molecule has 1 unspecified atom stereocenters. The molecule has 1 atom stereocenters. The Labute approximate surface area is 172 Å². The Morgan fingerprint density at radius 2 is 1.38 bits per heavy atom. The van der Waals surface area contributed by atoms with Gasteiger partial charge in [0, 0.05) is 18.3 Å². The van der Waals surface area contributed by atoms with Crippen molar-refractivity contribution >= 4 is 11.8 Å². The fraction of sp³-hybridized carbons (Fsp3) is 0.148. The number of hydrogen-bond donors (Lipinski definition) is 0.